The molecule has 1 fully saturated rings. The maximum Gasteiger partial charge on any atom is 0.241 e. The van der Waals surface area contributed by atoms with Crippen LogP contribution in [0.4, 0.5) is 0 Å². The minimum atomic E-state index is 0.0298. The minimum absolute atomic E-state index is 0.0298. The summed E-state index contributed by atoms with van der Waals surface area (Å²) in [6.45, 7) is 0.297. The van der Waals surface area contributed by atoms with Gasteiger partial charge in [0, 0.05) is 24.4 Å². The van der Waals surface area contributed by atoms with Gasteiger partial charge in [-0.3, -0.25) is 9.48 Å². The number of nitrogens with one attached hydrogen (secondary N) is 1. The molecule has 0 unspecified atom stereocenters. The summed E-state index contributed by atoms with van der Waals surface area (Å²) in [7, 11) is 0. The molecule has 18 heavy (non-hydrogen) atoms. The molecule has 0 saturated heterocycles. The van der Waals surface area contributed by atoms with Crippen LogP contribution >= 0.6 is 0 Å². The fourth-order valence-corrected chi connectivity index (χ4v) is 2.22. The van der Waals surface area contributed by atoms with E-state index in [-0.39, 0.29) is 11.9 Å². The van der Waals surface area contributed by atoms with E-state index in [9.17, 15) is 4.79 Å². The van der Waals surface area contributed by atoms with E-state index >= 15 is 0 Å². The molecular weight excluding hydrogens is 226 g/mol. The molecule has 1 aromatic carbocycles. The van der Waals surface area contributed by atoms with Gasteiger partial charge in [0.2, 0.25) is 5.91 Å². The third-order valence-corrected chi connectivity index (χ3v) is 3.23. The minimum Gasteiger partial charge on any atom is -0.351 e. The number of carbonyl (C=O) groups is 1. The molecule has 0 radical (unpaired) electrons. The summed E-state index contributed by atoms with van der Waals surface area (Å²) in [5.74, 6) is 0.509. The molecular formula is C14H15N3O. The Morgan fingerprint density at radius 1 is 1.33 bits per heavy atom. The van der Waals surface area contributed by atoms with Crippen molar-refractivity contribution >= 4 is 5.91 Å². The molecule has 3 rings (SSSR count). The predicted molar refractivity (Wildman–Crippen MR) is 68.0 cm³/mol. The van der Waals surface area contributed by atoms with Gasteiger partial charge in [0.15, 0.2) is 0 Å². The lowest BCUT2D eigenvalue weighted by Crippen LogP contribution is -2.30. The Labute approximate surface area is 106 Å². The van der Waals surface area contributed by atoms with Gasteiger partial charge in [-0.2, -0.15) is 5.10 Å². The Balaban J connectivity index is 1.52. The van der Waals surface area contributed by atoms with E-state index in [1.807, 2.05) is 24.3 Å². The molecule has 4 nitrogen and oxygen atoms in total. The second-order valence-electron chi connectivity index (χ2n) is 4.63. The van der Waals surface area contributed by atoms with E-state index in [4.69, 9.17) is 0 Å². The topological polar surface area (TPSA) is 46.9 Å². The van der Waals surface area contributed by atoms with Gasteiger partial charge in [0.25, 0.3) is 0 Å². The third kappa shape index (κ3) is 2.42. The fourth-order valence-electron chi connectivity index (χ4n) is 2.22. The number of benzene rings is 1. The zero-order chi connectivity index (χ0) is 12.4. The predicted octanol–water partition coefficient (Wildman–Crippen LogP) is 1.56. The highest BCUT2D eigenvalue weighted by atomic mass is 16.2. The van der Waals surface area contributed by atoms with Crippen LogP contribution < -0.4 is 5.32 Å². The van der Waals surface area contributed by atoms with Crippen molar-refractivity contribution in [3.8, 4) is 0 Å². The number of aromatic nitrogens is 2. The van der Waals surface area contributed by atoms with Crippen molar-refractivity contribution < 1.29 is 4.79 Å². The van der Waals surface area contributed by atoms with Crippen LogP contribution in [-0.4, -0.2) is 21.7 Å². The molecule has 0 bridgehead atoms. The number of amides is 1. The van der Waals surface area contributed by atoms with Crippen LogP contribution in [0, 0.1) is 0 Å². The summed E-state index contributed by atoms with van der Waals surface area (Å²) < 4.78 is 1.63. The molecule has 2 aromatic rings. The van der Waals surface area contributed by atoms with Gasteiger partial charge in [0.05, 0.1) is 0 Å². The smallest absolute Gasteiger partial charge is 0.241 e. The lowest BCUT2D eigenvalue weighted by atomic mass is 10.1. The molecule has 0 aliphatic heterocycles. The van der Waals surface area contributed by atoms with Gasteiger partial charge >= 0.3 is 0 Å². The Kier molecular flexibility index (Phi) is 2.84. The molecule has 1 aromatic heterocycles. The highest BCUT2D eigenvalue weighted by Gasteiger charge is 2.39. The summed E-state index contributed by atoms with van der Waals surface area (Å²) in [4.78, 5) is 11.8. The van der Waals surface area contributed by atoms with Gasteiger partial charge in [-0.1, -0.05) is 30.3 Å². The summed E-state index contributed by atoms with van der Waals surface area (Å²) in [5, 5.41) is 7.06. The molecule has 0 spiro atoms. The van der Waals surface area contributed by atoms with Crippen LogP contribution in [0.15, 0.2) is 48.8 Å². The van der Waals surface area contributed by atoms with Crippen LogP contribution in [-0.2, 0) is 11.3 Å². The summed E-state index contributed by atoms with van der Waals surface area (Å²) in [6, 6.07) is 12.4. The second-order valence-corrected chi connectivity index (χ2v) is 4.63. The largest absolute Gasteiger partial charge is 0.351 e. The first kappa shape index (κ1) is 11.0. The Bertz CT molecular complexity index is 521. The average Bonchev–Trinajstić information content (AvgIpc) is 2.95. The van der Waals surface area contributed by atoms with Gasteiger partial charge in [-0.25, -0.2) is 0 Å². The maximum absolute atomic E-state index is 11.8. The maximum atomic E-state index is 11.8. The first-order valence-electron chi connectivity index (χ1n) is 6.14. The highest BCUT2D eigenvalue weighted by molar-refractivity contribution is 5.76. The molecule has 1 heterocycles. The lowest BCUT2D eigenvalue weighted by molar-refractivity contribution is -0.122. The van der Waals surface area contributed by atoms with Crippen molar-refractivity contribution in [2.75, 3.05) is 0 Å². The molecule has 1 amide bonds. The molecule has 2 atom stereocenters. The van der Waals surface area contributed by atoms with Crippen molar-refractivity contribution in [2.45, 2.75) is 24.9 Å². The SMILES string of the molecule is O=C(Cn1cccn1)N[C@@H]1C[C@@H]1c1ccccc1. The highest BCUT2D eigenvalue weighted by Crippen LogP contribution is 2.40. The number of hydrogen-bond acceptors (Lipinski definition) is 2. The van der Waals surface area contributed by atoms with Crippen LogP contribution in [0.25, 0.3) is 0 Å². The van der Waals surface area contributed by atoms with Gasteiger partial charge in [-0.05, 0) is 18.1 Å². The van der Waals surface area contributed by atoms with Crippen LogP contribution in [0.3, 0.4) is 0 Å². The van der Waals surface area contributed by atoms with E-state index in [0.717, 1.165) is 6.42 Å². The van der Waals surface area contributed by atoms with Crippen molar-refractivity contribution in [3.05, 3.63) is 54.4 Å². The first-order valence-corrected chi connectivity index (χ1v) is 6.14. The molecule has 1 saturated carbocycles. The average molecular weight is 241 g/mol. The Morgan fingerprint density at radius 3 is 2.89 bits per heavy atom. The normalized spacial score (nSPS) is 21.6. The standard InChI is InChI=1S/C14H15N3O/c18-14(10-17-8-4-7-15-17)16-13-9-12(13)11-5-2-1-3-6-11/h1-8,12-13H,9-10H2,(H,16,18)/t12-,13-/m1/s1. The van der Waals surface area contributed by atoms with E-state index in [0.29, 0.717) is 12.5 Å². The van der Waals surface area contributed by atoms with E-state index in [1.165, 1.54) is 5.56 Å². The summed E-state index contributed by atoms with van der Waals surface area (Å²) in [6.07, 6.45) is 4.51. The molecule has 1 N–H and O–H groups in total. The fraction of sp³-hybridized carbons (Fsp3) is 0.286. The monoisotopic (exact) mass is 241 g/mol. The number of rotatable bonds is 4. The number of nitrogens with zero attached hydrogens (tertiary/aromatic N) is 2. The van der Waals surface area contributed by atoms with Crippen molar-refractivity contribution in [3.63, 3.8) is 0 Å². The van der Waals surface area contributed by atoms with E-state index < -0.39 is 0 Å². The molecule has 1 aliphatic carbocycles. The summed E-state index contributed by atoms with van der Waals surface area (Å²) in [5.41, 5.74) is 1.31. The first-order chi connectivity index (χ1) is 8.83. The van der Waals surface area contributed by atoms with Gasteiger partial charge in [-0.15, -0.1) is 0 Å². The third-order valence-electron chi connectivity index (χ3n) is 3.23. The number of hydrogen-bond donors (Lipinski definition) is 1. The van der Waals surface area contributed by atoms with E-state index in [2.05, 4.69) is 22.5 Å². The van der Waals surface area contributed by atoms with Crippen LogP contribution in [0.1, 0.15) is 17.9 Å². The van der Waals surface area contributed by atoms with Gasteiger partial charge < -0.3 is 5.32 Å². The zero-order valence-electron chi connectivity index (χ0n) is 9.99. The van der Waals surface area contributed by atoms with Crippen molar-refractivity contribution in [1.82, 2.24) is 15.1 Å². The van der Waals surface area contributed by atoms with Crippen LogP contribution in [0.2, 0.25) is 0 Å². The van der Waals surface area contributed by atoms with Gasteiger partial charge in [0.1, 0.15) is 6.54 Å². The van der Waals surface area contributed by atoms with Crippen molar-refractivity contribution in [2.24, 2.45) is 0 Å². The second kappa shape index (κ2) is 4.64. The molecule has 4 heteroatoms. The molecule has 92 valence electrons. The number of carbonyl (C=O) groups excluding carboxylic acids is 1. The van der Waals surface area contributed by atoms with Crippen LogP contribution in [0.5, 0.6) is 0 Å². The Hall–Kier alpha value is -2.10. The lowest BCUT2D eigenvalue weighted by Gasteiger charge is -2.05. The summed E-state index contributed by atoms with van der Waals surface area (Å²) >= 11 is 0. The Morgan fingerprint density at radius 2 is 2.17 bits per heavy atom. The van der Waals surface area contributed by atoms with Crippen molar-refractivity contribution in [1.29, 1.82) is 0 Å². The molecule has 1 aliphatic rings. The quantitative estimate of drug-likeness (QED) is 0.883. The zero-order valence-corrected chi connectivity index (χ0v) is 9.99. The van der Waals surface area contributed by atoms with E-state index in [1.54, 1.807) is 17.1 Å².